The van der Waals surface area contributed by atoms with Crippen LogP contribution in [0.25, 0.3) is 0 Å². The highest BCUT2D eigenvalue weighted by molar-refractivity contribution is 7.47. The number of phosphoric acid groups is 1. The highest BCUT2D eigenvalue weighted by Crippen LogP contribution is 2.43. The summed E-state index contributed by atoms with van der Waals surface area (Å²) in [5.41, 5.74) is 0. The molecule has 0 aromatic rings. The minimum atomic E-state index is -4.69. The number of rotatable bonds is 38. The molecule has 1 heterocycles. The van der Waals surface area contributed by atoms with Crippen molar-refractivity contribution in [1.29, 1.82) is 0 Å². The zero-order valence-corrected chi connectivity index (χ0v) is 38.0. The minimum absolute atomic E-state index is 0.0444. The summed E-state index contributed by atoms with van der Waals surface area (Å²) in [5.74, 6) is -1.46. The van der Waals surface area contributed by atoms with E-state index in [0.29, 0.717) is 32.1 Å². The number of hydrogen-bond donors (Lipinski definition) is 6. The van der Waals surface area contributed by atoms with Gasteiger partial charge in [0.05, 0.1) is 38.1 Å². The van der Waals surface area contributed by atoms with E-state index in [0.717, 1.165) is 77.0 Å². The summed E-state index contributed by atoms with van der Waals surface area (Å²) in [6, 6.07) is 0. The van der Waals surface area contributed by atoms with Gasteiger partial charge in [0.1, 0.15) is 12.7 Å². The molecule has 8 atom stereocenters. The molecule has 6 N–H and O–H groups in total. The van der Waals surface area contributed by atoms with Crippen LogP contribution in [0.5, 0.6) is 0 Å². The maximum atomic E-state index is 12.7. The molecule has 1 saturated heterocycles. The fourth-order valence-electron chi connectivity index (χ4n) is 6.59. The van der Waals surface area contributed by atoms with Crippen molar-refractivity contribution in [3.05, 3.63) is 48.6 Å². The predicted octanol–water partition coefficient (Wildman–Crippen LogP) is 8.22. The largest absolute Gasteiger partial charge is 0.472 e. The van der Waals surface area contributed by atoms with E-state index in [-0.39, 0.29) is 25.2 Å². The average molecular weight is 889 g/mol. The normalized spacial score (nSPS) is 21.0. The molecule has 0 amide bonds. The van der Waals surface area contributed by atoms with Gasteiger partial charge in [0.15, 0.2) is 12.4 Å². The number of unbranched alkanes of at least 4 members (excludes halogenated alkanes) is 13. The van der Waals surface area contributed by atoms with Crippen LogP contribution in [0, 0.1) is 5.92 Å². The Morgan fingerprint density at radius 2 is 1.33 bits per heavy atom. The highest BCUT2D eigenvalue weighted by Gasteiger charge is 2.35. The third-order valence-electron chi connectivity index (χ3n) is 10.3. The van der Waals surface area contributed by atoms with E-state index in [4.69, 9.17) is 23.8 Å². The van der Waals surface area contributed by atoms with Crippen molar-refractivity contribution in [3.8, 4) is 0 Å². The average Bonchev–Trinajstić information content (AvgIpc) is 3.23. The number of carbonyl (C=O) groups excluding carboxylic acids is 2. The third-order valence-corrected chi connectivity index (χ3v) is 11.2. The number of aliphatic hydroxyl groups is 5. The van der Waals surface area contributed by atoms with Crippen LogP contribution in [0.4, 0.5) is 0 Å². The molecule has 0 bridgehead atoms. The number of esters is 2. The van der Waals surface area contributed by atoms with Gasteiger partial charge in [-0.15, -0.1) is 0 Å². The summed E-state index contributed by atoms with van der Waals surface area (Å²) >= 11 is 0. The van der Waals surface area contributed by atoms with Crippen molar-refractivity contribution in [2.45, 2.75) is 198 Å². The van der Waals surface area contributed by atoms with E-state index >= 15 is 0 Å². The Kier molecular flexibility index (Phi) is 34.6. The molecule has 0 saturated carbocycles. The molecule has 0 aromatic carbocycles. The SMILES string of the molecule is CCCCC/C=C\C/C=C\CCCCCCCCCC(=O)O[C@H](COC(=O)CCC/C=C\C[C@H]1[C@@H](O)CC(O)O[C@@H]1/C=C/[C@@H](O)CCCCC)COP(=O)(O)OC[C@@H](O)CO. The van der Waals surface area contributed by atoms with Gasteiger partial charge in [-0.05, 0) is 64.2 Å². The lowest BCUT2D eigenvalue weighted by Gasteiger charge is -2.36. The van der Waals surface area contributed by atoms with Gasteiger partial charge in [-0.25, -0.2) is 4.57 Å². The van der Waals surface area contributed by atoms with E-state index in [1.54, 1.807) is 12.2 Å². The number of allylic oxidation sites excluding steroid dienone is 6. The van der Waals surface area contributed by atoms with Crippen molar-refractivity contribution in [3.63, 3.8) is 0 Å². The monoisotopic (exact) mass is 889 g/mol. The van der Waals surface area contributed by atoms with E-state index in [1.807, 2.05) is 12.2 Å². The fourth-order valence-corrected chi connectivity index (χ4v) is 7.38. The summed E-state index contributed by atoms with van der Waals surface area (Å²) in [6.07, 6.45) is 29.7. The van der Waals surface area contributed by atoms with Crippen LogP contribution >= 0.6 is 7.82 Å². The molecule has 354 valence electrons. The Balaban J connectivity index is 2.48. The molecule has 2 unspecified atom stereocenters. The van der Waals surface area contributed by atoms with E-state index < -0.39 is 83.0 Å². The summed E-state index contributed by atoms with van der Waals surface area (Å²) in [4.78, 5) is 35.3. The van der Waals surface area contributed by atoms with E-state index in [9.17, 15) is 39.5 Å². The lowest BCUT2D eigenvalue weighted by molar-refractivity contribution is -0.199. The molecule has 1 rings (SSSR count). The molecule has 0 aromatic heterocycles. The minimum Gasteiger partial charge on any atom is -0.462 e. The van der Waals surface area contributed by atoms with Gasteiger partial charge in [0.25, 0.3) is 0 Å². The van der Waals surface area contributed by atoms with Gasteiger partial charge in [-0.2, -0.15) is 0 Å². The molecular formula is C46H81O14P. The maximum Gasteiger partial charge on any atom is 0.472 e. The van der Waals surface area contributed by atoms with Gasteiger partial charge in [0, 0.05) is 25.2 Å². The van der Waals surface area contributed by atoms with Gasteiger partial charge < -0.3 is 44.6 Å². The Labute approximate surface area is 366 Å². The smallest absolute Gasteiger partial charge is 0.462 e. The first-order chi connectivity index (χ1) is 29.4. The Hall–Kier alpha value is -2.23. The third kappa shape index (κ3) is 32.1. The summed E-state index contributed by atoms with van der Waals surface area (Å²) in [7, 11) is -4.69. The second-order valence-corrected chi connectivity index (χ2v) is 17.4. The Morgan fingerprint density at radius 1 is 0.738 bits per heavy atom. The van der Waals surface area contributed by atoms with Crippen LogP contribution in [0.15, 0.2) is 48.6 Å². The van der Waals surface area contributed by atoms with Crippen LogP contribution in [0.1, 0.15) is 162 Å². The van der Waals surface area contributed by atoms with E-state index in [1.165, 1.54) is 19.3 Å². The van der Waals surface area contributed by atoms with Crippen molar-refractivity contribution in [2.24, 2.45) is 5.92 Å². The number of phosphoric ester groups is 1. The summed E-state index contributed by atoms with van der Waals surface area (Å²) < 4.78 is 38.4. The molecule has 1 aliphatic rings. The van der Waals surface area contributed by atoms with Gasteiger partial charge in [-0.3, -0.25) is 18.6 Å². The van der Waals surface area contributed by atoms with Crippen LogP contribution < -0.4 is 0 Å². The zero-order chi connectivity index (χ0) is 45.0. The zero-order valence-electron chi connectivity index (χ0n) is 37.1. The van der Waals surface area contributed by atoms with Crippen LogP contribution in [0.3, 0.4) is 0 Å². The molecule has 0 radical (unpaired) electrons. The van der Waals surface area contributed by atoms with Gasteiger partial charge in [0.2, 0.25) is 0 Å². The first-order valence-electron chi connectivity index (χ1n) is 23.0. The van der Waals surface area contributed by atoms with Gasteiger partial charge in [-0.1, -0.05) is 127 Å². The van der Waals surface area contributed by atoms with Crippen molar-refractivity contribution < 1.29 is 67.8 Å². The second-order valence-electron chi connectivity index (χ2n) is 15.9. The van der Waals surface area contributed by atoms with Crippen molar-refractivity contribution >= 4 is 19.8 Å². The number of hydrogen-bond acceptors (Lipinski definition) is 13. The number of ether oxygens (including phenoxy) is 3. The lowest BCUT2D eigenvalue weighted by Crippen LogP contribution is -2.43. The molecule has 14 nitrogen and oxygen atoms in total. The standard InChI is InChI=1S/C46H81O14P/c1-3-5-7-8-9-10-11-12-13-14-15-16-17-18-19-20-26-30-45(52)59-40(37-58-61(54,55)57-35-39(49)34-47)36-56-44(51)29-25-22-21-24-28-41-42(50)33-46(53)60-43(41)32-31-38(48)27-23-6-4-2/h9-10,12-13,21,24,31-32,38-43,46-50,53H,3-8,11,14-20,22-23,25-30,33-37H2,1-2H3,(H,54,55)/b10-9-,13-12-,24-21-,32-31+/t38-,39-,40+,41-,42-,43+,46?/m0/s1. The molecule has 1 aliphatic heterocycles. The topological polar surface area (TPSA) is 219 Å². The molecule has 15 heteroatoms. The van der Waals surface area contributed by atoms with Crippen LogP contribution in [0.2, 0.25) is 0 Å². The Morgan fingerprint density at radius 3 is 2.02 bits per heavy atom. The quantitative estimate of drug-likeness (QED) is 0.0149. The maximum absolute atomic E-state index is 12.7. The summed E-state index contributed by atoms with van der Waals surface area (Å²) in [6.45, 7) is 1.93. The number of carbonyl (C=O) groups is 2. The molecule has 0 aliphatic carbocycles. The van der Waals surface area contributed by atoms with Crippen LogP contribution in [-0.2, 0) is 37.4 Å². The van der Waals surface area contributed by atoms with E-state index in [2.05, 4.69) is 42.7 Å². The molecule has 0 spiro atoms. The highest BCUT2D eigenvalue weighted by atomic mass is 31.2. The van der Waals surface area contributed by atoms with Gasteiger partial charge >= 0.3 is 19.8 Å². The van der Waals surface area contributed by atoms with Crippen molar-refractivity contribution in [1.82, 2.24) is 0 Å². The Bertz CT molecular complexity index is 1270. The first-order valence-corrected chi connectivity index (χ1v) is 24.5. The first kappa shape index (κ1) is 56.8. The van der Waals surface area contributed by atoms with Crippen LogP contribution in [-0.4, -0.2) is 106 Å². The molecule has 61 heavy (non-hydrogen) atoms. The summed E-state index contributed by atoms with van der Waals surface area (Å²) in [5, 5.41) is 49.3. The fraction of sp³-hybridized carbons (Fsp3) is 0.783. The lowest BCUT2D eigenvalue weighted by atomic mass is 9.87. The molecular weight excluding hydrogens is 807 g/mol. The number of aliphatic hydroxyl groups excluding tert-OH is 5. The van der Waals surface area contributed by atoms with Crippen molar-refractivity contribution in [2.75, 3.05) is 26.4 Å². The molecule has 1 fully saturated rings. The second kappa shape index (κ2) is 37.2. The predicted molar refractivity (Wildman–Crippen MR) is 236 cm³/mol.